The lowest BCUT2D eigenvalue weighted by Crippen LogP contribution is -2.14. The number of hydrogen-bond donors (Lipinski definition) is 1. The second-order valence-electron chi connectivity index (χ2n) is 4.76. The van der Waals surface area contributed by atoms with Gasteiger partial charge in [0.15, 0.2) is 0 Å². The van der Waals surface area contributed by atoms with E-state index < -0.39 is 21.0 Å². The molecule has 2 aromatic rings. The van der Waals surface area contributed by atoms with Gasteiger partial charge in [0.2, 0.25) is 0 Å². The molecule has 110 valence electrons. The molecular formula is C15H14FNO3S. The number of halogens is 1. The maximum Gasteiger partial charge on any atom is 0.334 e. The van der Waals surface area contributed by atoms with E-state index in [1.807, 2.05) is 19.9 Å². The lowest BCUT2D eigenvalue weighted by Gasteiger charge is -2.09. The number of rotatable bonds is 3. The minimum atomic E-state index is -4.89. The lowest BCUT2D eigenvalue weighted by molar-refractivity contribution is 0.102. The Labute approximate surface area is 122 Å². The molecule has 0 aliphatic heterocycles. The summed E-state index contributed by atoms with van der Waals surface area (Å²) in [6.07, 6.45) is 0. The standard InChI is InChI=1S/C15H14FNO3S/c1-10-7-11(2)9-12(8-10)15(18)17-13-5-3-4-6-14(13)21(16,19)20/h3-9H,1-2H3,(H,17,18). The van der Waals surface area contributed by atoms with Gasteiger partial charge in [-0.1, -0.05) is 29.3 Å². The Hall–Kier alpha value is -2.21. The maximum absolute atomic E-state index is 13.2. The van der Waals surface area contributed by atoms with Crippen molar-refractivity contribution in [3.8, 4) is 0 Å². The highest BCUT2D eigenvalue weighted by atomic mass is 32.3. The molecule has 0 fully saturated rings. The Bertz CT molecular complexity index is 780. The van der Waals surface area contributed by atoms with Crippen molar-refractivity contribution in [2.24, 2.45) is 0 Å². The van der Waals surface area contributed by atoms with Crippen LogP contribution in [0.3, 0.4) is 0 Å². The van der Waals surface area contributed by atoms with Gasteiger partial charge in [0.25, 0.3) is 5.91 Å². The van der Waals surface area contributed by atoms with Gasteiger partial charge < -0.3 is 5.32 Å². The van der Waals surface area contributed by atoms with Gasteiger partial charge in [-0.25, -0.2) is 0 Å². The first-order chi connectivity index (χ1) is 9.77. The van der Waals surface area contributed by atoms with Gasteiger partial charge in [0.05, 0.1) is 5.69 Å². The predicted octanol–water partition coefficient (Wildman–Crippen LogP) is 3.21. The van der Waals surface area contributed by atoms with Crippen LogP contribution < -0.4 is 5.32 Å². The predicted molar refractivity (Wildman–Crippen MR) is 78.6 cm³/mol. The topological polar surface area (TPSA) is 63.2 Å². The van der Waals surface area contributed by atoms with Crippen LogP contribution in [0.5, 0.6) is 0 Å². The van der Waals surface area contributed by atoms with E-state index in [9.17, 15) is 17.1 Å². The molecular weight excluding hydrogens is 293 g/mol. The molecule has 0 aromatic heterocycles. The van der Waals surface area contributed by atoms with Crippen LogP contribution in [0.1, 0.15) is 21.5 Å². The summed E-state index contributed by atoms with van der Waals surface area (Å²) < 4.78 is 35.3. The molecule has 0 atom stereocenters. The van der Waals surface area contributed by atoms with Crippen molar-refractivity contribution in [2.45, 2.75) is 18.7 Å². The molecule has 0 saturated heterocycles. The van der Waals surface area contributed by atoms with E-state index in [-0.39, 0.29) is 5.69 Å². The Morgan fingerprint density at radius 3 is 2.19 bits per heavy atom. The van der Waals surface area contributed by atoms with Crippen LogP contribution >= 0.6 is 0 Å². The zero-order valence-electron chi connectivity index (χ0n) is 11.6. The summed E-state index contributed by atoms with van der Waals surface area (Å²) in [7, 11) is -4.89. The number of para-hydroxylation sites is 1. The summed E-state index contributed by atoms with van der Waals surface area (Å²) in [4.78, 5) is 11.6. The first-order valence-electron chi connectivity index (χ1n) is 6.21. The monoisotopic (exact) mass is 307 g/mol. The molecule has 0 spiro atoms. The Balaban J connectivity index is 2.37. The Morgan fingerprint density at radius 1 is 1.05 bits per heavy atom. The van der Waals surface area contributed by atoms with Crippen LogP contribution in [-0.4, -0.2) is 14.3 Å². The molecule has 0 aliphatic carbocycles. The largest absolute Gasteiger partial charge is 0.334 e. The number of hydrogen-bond acceptors (Lipinski definition) is 3. The highest BCUT2D eigenvalue weighted by Gasteiger charge is 2.18. The minimum Gasteiger partial charge on any atom is -0.321 e. The van der Waals surface area contributed by atoms with Crippen molar-refractivity contribution >= 4 is 21.8 Å². The van der Waals surface area contributed by atoms with Gasteiger partial charge in [-0.15, -0.1) is 3.89 Å². The summed E-state index contributed by atoms with van der Waals surface area (Å²) >= 11 is 0. The van der Waals surface area contributed by atoms with Gasteiger partial charge in [0, 0.05) is 5.56 Å². The molecule has 0 heterocycles. The summed E-state index contributed by atoms with van der Waals surface area (Å²) in [5.41, 5.74) is 2.13. The average molecular weight is 307 g/mol. The van der Waals surface area contributed by atoms with Crippen molar-refractivity contribution in [1.29, 1.82) is 0 Å². The Morgan fingerprint density at radius 2 is 1.62 bits per heavy atom. The number of carbonyl (C=O) groups excluding carboxylic acids is 1. The fraction of sp³-hybridized carbons (Fsp3) is 0.133. The van der Waals surface area contributed by atoms with E-state index >= 15 is 0 Å². The normalized spacial score (nSPS) is 11.2. The fourth-order valence-electron chi connectivity index (χ4n) is 2.08. The zero-order valence-corrected chi connectivity index (χ0v) is 12.4. The van der Waals surface area contributed by atoms with Crippen LogP contribution in [0.15, 0.2) is 47.4 Å². The number of carbonyl (C=O) groups is 1. The van der Waals surface area contributed by atoms with Crippen LogP contribution in [0.2, 0.25) is 0 Å². The van der Waals surface area contributed by atoms with Crippen LogP contribution in [-0.2, 0) is 10.2 Å². The molecule has 6 heteroatoms. The molecule has 4 nitrogen and oxygen atoms in total. The minimum absolute atomic E-state index is 0.0795. The van der Waals surface area contributed by atoms with E-state index in [1.54, 1.807) is 12.1 Å². The molecule has 0 aliphatic rings. The molecule has 0 saturated carbocycles. The number of amides is 1. The number of anilines is 1. The summed E-state index contributed by atoms with van der Waals surface area (Å²) in [5, 5.41) is 2.43. The van der Waals surface area contributed by atoms with Gasteiger partial charge in [-0.3, -0.25) is 4.79 Å². The second-order valence-corrected chi connectivity index (χ2v) is 6.08. The quantitative estimate of drug-likeness (QED) is 0.886. The number of benzene rings is 2. The molecule has 2 rings (SSSR count). The number of nitrogens with one attached hydrogen (secondary N) is 1. The van der Waals surface area contributed by atoms with Gasteiger partial charge >= 0.3 is 10.2 Å². The van der Waals surface area contributed by atoms with E-state index in [4.69, 9.17) is 0 Å². The van der Waals surface area contributed by atoms with Crippen molar-refractivity contribution in [2.75, 3.05) is 5.32 Å². The fourth-order valence-corrected chi connectivity index (χ4v) is 2.71. The van der Waals surface area contributed by atoms with E-state index in [0.29, 0.717) is 5.56 Å². The summed E-state index contributed by atoms with van der Waals surface area (Å²) in [6.45, 7) is 3.70. The molecule has 0 radical (unpaired) electrons. The SMILES string of the molecule is Cc1cc(C)cc(C(=O)Nc2ccccc2S(=O)(=O)F)c1. The van der Waals surface area contributed by atoms with Crippen LogP contribution in [0.4, 0.5) is 9.57 Å². The van der Waals surface area contributed by atoms with E-state index in [1.165, 1.54) is 18.2 Å². The first kappa shape index (κ1) is 15.2. The zero-order chi connectivity index (χ0) is 15.6. The highest BCUT2D eigenvalue weighted by molar-refractivity contribution is 7.86. The molecule has 2 aromatic carbocycles. The molecule has 1 N–H and O–H groups in total. The van der Waals surface area contributed by atoms with Crippen molar-refractivity contribution < 1.29 is 17.1 Å². The van der Waals surface area contributed by atoms with Crippen molar-refractivity contribution in [1.82, 2.24) is 0 Å². The maximum atomic E-state index is 13.2. The average Bonchev–Trinajstić information content (AvgIpc) is 2.37. The lowest BCUT2D eigenvalue weighted by atomic mass is 10.1. The third kappa shape index (κ3) is 3.66. The molecule has 1 amide bonds. The van der Waals surface area contributed by atoms with Crippen molar-refractivity contribution in [3.05, 3.63) is 59.2 Å². The van der Waals surface area contributed by atoms with Crippen LogP contribution in [0.25, 0.3) is 0 Å². The van der Waals surface area contributed by atoms with Gasteiger partial charge in [-0.05, 0) is 38.1 Å². The van der Waals surface area contributed by atoms with Gasteiger partial charge in [-0.2, -0.15) is 8.42 Å². The van der Waals surface area contributed by atoms with Crippen molar-refractivity contribution in [3.63, 3.8) is 0 Å². The molecule has 0 unspecified atom stereocenters. The summed E-state index contributed by atoms with van der Waals surface area (Å²) in [5.74, 6) is -0.488. The molecule has 21 heavy (non-hydrogen) atoms. The second kappa shape index (κ2) is 5.65. The third-order valence-corrected chi connectivity index (χ3v) is 3.76. The smallest absolute Gasteiger partial charge is 0.321 e. The third-order valence-electron chi connectivity index (χ3n) is 2.88. The van der Waals surface area contributed by atoms with Gasteiger partial charge in [0.1, 0.15) is 4.90 Å². The first-order valence-corrected chi connectivity index (χ1v) is 7.59. The molecule has 0 bridgehead atoms. The Kier molecular flexibility index (Phi) is 4.09. The number of aryl methyl sites for hydroxylation is 2. The van der Waals surface area contributed by atoms with E-state index in [2.05, 4.69) is 5.32 Å². The highest BCUT2D eigenvalue weighted by Crippen LogP contribution is 2.23. The summed E-state index contributed by atoms with van der Waals surface area (Å²) in [6, 6.07) is 10.6. The van der Waals surface area contributed by atoms with Crippen LogP contribution in [0, 0.1) is 13.8 Å². The van der Waals surface area contributed by atoms with E-state index in [0.717, 1.165) is 17.2 Å².